The molecule has 0 aliphatic heterocycles. The molecule has 0 aliphatic rings. The number of hydrogen-bond acceptors (Lipinski definition) is 3. The van der Waals surface area contributed by atoms with Crippen LogP contribution >= 0.6 is 0 Å². The molecule has 6 heteroatoms. The van der Waals surface area contributed by atoms with Gasteiger partial charge in [0.2, 0.25) is 18.2 Å². The Morgan fingerprint density at radius 2 is 1.94 bits per heavy atom. The molecule has 4 N–H and O–H groups in total. The summed E-state index contributed by atoms with van der Waals surface area (Å²) in [6, 6.07) is -0.598. The van der Waals surface area contributed by atoms with Crippen LogP contribution in [0.4, 0.5) is 0 Å². The second-order valence-electron chi connectivity index (χ2n) is 3.99. The zero-order valence-electron chi connectivity index (χ0n) is 9.66. The number of nitrogens with one attached hydrogen (secondary N) is 2. The van der Waals surface area contributed by atoms with Gasteiger partial charge in [-0.15, -0.1) is 0 Å². The first-order chi connectivity index (χ1) is 7.47. The number of carbonyl (C=O) groups excluding carboxylic acids is 3. The van der Waals surface area contributed by atoms with Crippen molar-refractivity contribution in [3.8, 4) is 0 Å². The molecule has 3 amide bonds. The van der Waals surface area contributed by atoms with Crippen molar-refractivity contribution >= 4 is 18.2 Å². The van der Waals surface area contributed by atoms with E-state index in [2.05, 4.69) is 10.6 Å². The maximum absolute atomic E-state index is 11.5. The largest absolute Gasteiger partial charge is 0.368 e. The number of rotatable bonds is 8. The number of nitrogens with two attached hydrogens (primary N) is 1. The van der Waals surface area contributed by atoms with Crippen LogP contribution in [0.2, 0.25) is 0 Å². The molecule has 16 heavy (non-hydrogen) atoms. The summed E-state index contributed by atoms with van der Waals surface area (Å²) in [6.07, 6.45) is 1.84. The van der Waals surface area contributed by atoms with E-state index in [1.807, 2.05) is 13.8 Å². The van der Waals surface area contributed by atoms with Gasteiger partial charge in [-0.25, -0.2) is 0 Å². The van der Waals surface area contributed by atoms with Crippen LogP contribution in [0.3, 0.4) is 0 Å². The molecule has 0 aromatic carbocycles. The first-order valence-electron chi connectivity index (χ1n) is 5.23. The summed E-state index contributed by atoms with van der Waals surface area (Å²) in [6.45, 7) is 3.84. The SMILES string of the molecule is CC(C)CC[C@H](NC=O)C(=O)NCC(N)=O. The molecule has 0 fully saturated rings. The van der Waals surface area contributed by atoms with Crippen LogP contribution in [0.5, 0.6) is 0 Å². The summed E-state index contributed by atoms with van der Waals surface area (Å²) in [5.74, 6) is -0.548. The molecule has 0 aliphatic carbocycles. The molecule has 6 nitrogen and oxygen atoms in total. The number of hydrogen-bond donors (Lipinski definition) is 3. The van der Waals surface area contributed by atoms with E-state index in [1.54, 1.807) is 0 Å². The maximum Gasteiger partial charge on any atom is 0.243 e. The van der Waals surface area contributed by atoms with Crippen molar-refractivity contribution in [2.45, 2.75) is 32.7 Å². The normalized spacial score (nSPS) is 11.9. The minimum atomic E-state index is -0.609. The molecule has 0 radical (unpaired) electrons. The van der Waals surface area contributed by atoms with Crippen molar-refractivity contribution in [1.29, 1.82) is 0 Å². The topological polar surface area (TPSA) is 101 Å². The Morgan fingerprint density at radius 1 is 1.31 bits per heavy atom. The van der Waals surface area contributed by atoms with Crippen molar-refractivity contribution in [3.05, 3.63) is 0 Å². The Bertz CT molecular complexity index is 254. The van der Waals surface area contributed by atoms with Crippen molar-refractivity contribution in [1.82, 2.24) is 10.6 Å². The highest BCUT2D eigenvalue weighted by Crippen LogP contribution is 2.06. The number of carbonyl (C=O) groups is 3. The number of amides is 3. The van der Waals surface area contributed by atoms with Gasteiger partial charge in [0.05, 0.1) is 6.54 Å². The minimum absolute atomic E-state index is 0.211. The van der Waals surface area contributed by atoms with Crippen LogP contribution in [-0.4, -0.2) is 30.8 Å². The van der Waals surface area contributed by atoms with Gasteiger partial charge in [0.25, 0.3) is 0 Å². The molecule has 0 bridgehead atoms. The van der Waals surface area contributed by atoms with Crippen molar-refractivity contribution in [3.63, 3.8) is 0 Å². The van der Waals surface area contributed by atoms with Gasteiger partial charge in [-0.1, -0.05) is 13.8 Å². The average molecular weight is 229 g/mol. The van der Waals surface area contributed by atoms with Gasteiger partial charge in [-0.3, -0.25) is 14.4 Å². The minimum Gasteiger partial charge on any atom is -0.368 e. The molecule has 1 atom stereocenters. The lowest BCUT2D eigenvalue weighted by molar-refractivity contribution is -0.127. The van der Waals surface area contributed by atoms with Crippen molar-refractivity contribution < 1.29 is 14.4 Å². The summed E-state index contributed by atoms with van der Waals surface area (Å²) >= 11 is 0. The van der Waals surface area contributed by atoms with Crippen LogP contribution in [-0.2, 0) is 14.4 Å². The van der Waals surface area contributed by atoms with E-state index < -0.39 is 11.9 Å². The Balaban J connectivity index is 4.11. The summed E-state index contributed by atoms with van der Waals surface area (Å²) in [5.41, 5.74) is 4.89. The van der Waals surface area contributed by atoms with Gasteiger partial charge in [-0.05, 0) is 18.8 Å². The molecule has 0 unspecified atom stereocenters. The van der Waals surface area contributed by atoms with Crippen LogP contribution in [0, 0.1) is 5.92 Å². The summed E-state index contributed by atoms with van der Waals surface area (Å²) in [7, 11) is 0. The highest BCUT2D eigenvalue weighted by atomic mass is 16.2. The van der Waals surface area contributed by atoms with Crippen LogP contribution in [0.25, 0.3) is 0 Å². The van der Waals surface area contributed by atoms with E-state index in [1.165, 1.54) is 0 Å². The molecular formula is C10H19N3O3. The van der Waals surface area contributed by atoms with Crippen molar-refractivity contribution in [2.75, 3.05) is 6.54 Å². The standard InChI is InChI=1S/C10H19N3O3/c1-7(2)3-4-8(13-6-14)10(16)12-5-9(11)15/h6-8H,3-5H2,1-2H3,(H2,11,15)(H,12,16)(H,13,14)/t8-/m0/s1. The second-order valence-corrected chi connectivity index (χ2v) is 3.99. The summed E-state index contributed by atoms with van der Waals surface area (Å²) < 4.78 is 0. The molecule has 0 aromatic rings. The Labute approximate surface area is 94.9 Å². The van der Waals surface area contributed by atoms with E-state index in [0.29, 0.717) is 18.7 Å². The highest BCUT2D eigenvalue weighted by Gasteiger charge is 2.17. The smallest absolute Gasteiger partial charge is 0.243 e. The van der Waals surface area contributed by atoms with E-state index >= 15 is 0 Å². The lowest BCUT2D eigenvalue weighted by Crippen LogP contribution is -2.46. The lowest BCUT2D eigenvalue weighted by atomic mass is 10.0. The van der Waals surface area contributed by atoms with Crippen LogP contribution < -0.4 is 16.4 Å². The predicted molar refractivity (Wildman–Crippen MR) is 59.3 cm³/mol. The molecule has 0 saturated heterocycles. The Hall–Kier alpha value is -1.59. The van der Waals surface area contributed by atoms with E-state index in [-0.39, 0.29) is 12.5 Å². The van der Waals surface area contributed by atoms with Gasteiger partial charge in [0, 0.05) is 0 Å². The van der Waals surface area contributed by atoms with E-state index in [0.717, 1.165) is 6.42 Å². The fourth-order valence-corrected chi connectivity index (χ4v) is 1.17. The predicted octanol–water partition coefficient (Wildman–Crippen LogP) is -0.861. The first-order valence-corrected chi connectivity index (χ1v) is 5.23. The summed E-state index contributed by atoms with van der Waals surface area (Å²) in [5, 5.41) is 4.77. The van der Waals surface area contributed by atoms with Crippen LogP contribution in [0.15, 0.2) is 0 Å². The third kappa shape index (κ3) is 6.80. The lowest BCUT2D eigenvalue weighted by Gasteiger charge is -2.16. The van der Waals surface area contributed by atoms with Gasteiger partial charge in [0.15, 0.2) is 0 Å². The fourth-order valence-electron chi connectivity index (χ4n) is 1.17. The van der Waals surface area contributed by atoms with Gasteiger partial charge < -0.3 is 16.4 Å². The highest BCUT2D eigenvalue weighted by molar-refractivity contribution is 5.87. The average Bonchev–Trinajstić information content (AvgIpc) is 2.20. The van der Waals surface area contributed by atoms with E-state index in [9.17, 15) is 14.4 Å². The third-order valence-electron chi connectivity index (χ3n) is 2.06. The maximum atomic E-state index is 11.5. The molecule has 0 spiro atoms. The number of primary amides is 1. The van der Waals surface area contributed by atoms with Crippen LogP contribution in [0.1, 0.15) is 26.7 Å². The van der Waals surface area contributed by atoms with E-state index in [4.69, 9.17) is 5.73 Å². The molecule has 0 aromatic heterocycles. The van der Waals surface area contributed by atoms with Gasteiger partial charge >= 0.3 is 0 Å². The monoisotopic (exact) mass is 229 g/mol. The fraction of sp³-hybridized carbons (Fsp3) is 0.700. The Kier molecular flexibility index (Phi) is 6.91. The third-order valence-corrected chi connectivity index (χ3v) is 2.06. The molecule has 0 rings (SSSR count). The molecule has 92 valence electrons. The molecule has 0 heterocycles. The Morgan fingerprint density at radius 3 is 2.38 bits per heavy atom. The second kappa shape index (κ2) is 7.67. The van der Waals surface area contributed by atoms with Crippen molar-refractivity contribution in [2.24, 2.45) is 11.7 Å². The zero-order chi connectivity index (χ0) is 12.6. The zero-order valence-corrected chi connectivity index (χ0v) is 9.66. The molecule has 0 saturated carbocycles. The van der Waals surface area contributed by atoms with Gasteiger partial charge in [-0.2, -0.15) is 0 Å². The summed E-state index contributed by atoms with van der Waals surface area (Å²) in [4.78, 5) is 32.3. The first kappa shape index (κ1) is 14.4. The van der Waals surface area contributed by atoms with Gasteiger partial charge in [0.1, 0.15) is 6.04 Å². The quantitative estimate of drug-likeness (QED) is 0.472. The molecular weight excluding hydrogens is 210 g/mol.